The minimum absolute atomic E-state index is 0.117. The van der Waals surface area contributed by atoms with Crippen molar-refractivity contribution in [1.82, 2.24) is 4.98 Å². The van der Waals surface area contributed by atoms with E-state index in [9.17, 15) is 9.90 Å². The van der Waals surface area contributed by atoms with Crippen molar-refractivity contribution in [3.8, 4) is 0 Å². The van der Waals surface area contributed by atoms with Crippen molar-refractivity contribution in [2.75, 3.05) is 0 Å². The van der Waals surface area contributed by atoms with Crippen molar-refractivity contribution >= 4 is 16.7 Å². The summed E-state index contributed by atoms with van der Waals surface area (Å²) < 4.78 is 0. The second-order valence-corrected chi connectivity index (χ2v) is 4.83. The van der Waals surface area contributed by atoms with Crippen molar-refractivity contribution in [3.05, 3.63) is 42.1 Å². The van der Waals surface area contributed by atoms with E-state index in [1.165, 1.54) is 0 Å². The van der Waals surface area contributed by atoms with Gasteiger partial charge in [0.05, 0.1) is 5.52 Å². The molecule has 0 amide bonds. The Balaban J connectivity index is 2.34. The molecule has 0 fully saturated rings. The van der Waals surface area contributed by atoms with Gasteiger partial charge in [-0.15, -0.1) is 0 Å². The molecule has 1 heterocycles. The first kappa shape index (κ1) is 13.7. The van der Waals surface area contributed by atoms with E-state index in [2.05, 4.69) is 4.98 Å². The zero-order chi connectivity index (χ0) is 13.9. The third-order valence-corrected chi connectivity index (χ3v) is 3.78. The van der Waals surface area contributed by atoms with Crippen LogP contribution in [-0.4, -0.2) is 21.5 Å². The van der Waals surface area contributed by atoms with E-state index < -0.39 is 5.60 Å². The number of nitrogens with zero attached hydrogens (tertiary/aromatic N) is 1. The smallest absolute Gasteiger partial charge is 0.168 e. The van der Waals surface area contributed by atoms with Crippen LogP contribution < -0.4 is 0 Å². The predicted molar refractivity (Wildman–Crippen MR) is 76.0 cm³/mol. The third-order valence-electron chi connectivity index (χ3n) is 3.78. The summed E-state index contributed by atoms with van der Waals surface area (Å²) in [4.78, 5) is 16.5. The first-order valence-corrected chi connectivity index (χ1v) is 6.69. The lowest BCUT2D eigenvalue weighted by atomic mass is 9.88. The molecule has 1 aromatic heterocycles. The Morgan fingerprint density at radius 1 is 1.21 bits per heavy atom. The molecule has 0 aliphatic rings. The zero-order valence-electron chi connectivity index (χ0n) is 11.4. The maximum Gasteiger partial charge on any atom is 0.168 e. The lowest BCUT2D eigenvalue weighted by molar-refractivity contribution is -0.137. The molecule has 19 heavy (non-hydrogen) atoms. The molecule has 0 aliphatic carbocycles. The second kappa shape index (κ2) is 5.49. The standard InChI is InChI=1S/C16H19NO2/c1-3-16(19,4-2)15(18)11-12-9-10-17-14-8-6-5-7-13(12)14/h5-10,19H,3-4,11H2,1-2H3. The number of hydrogen-bond acceptors (Lipinski definition) is 3. The lowest BCUT2D eigenvalue weighted by Gasteiger charge is -2.23. The molecule has 0 bridgehead atoms. The summed E-state index contributed by atoms with van der Waals surface area (Å²) in [7, 11) is 0. The van der Waals surface area contributed by atoms with Gasteiger partial charge in [-0.2, -0.15) is 0 Å². The van der Waals surface area contributed by atoms with Gasteiger partial charge < -0.3 is 5.11 Å². The van der Waals surface area contributed by atoms with Crippen LogP contribution in [0.5, 0.6) is 0 Å². The number of para-hydroxylation sites is 1. The zero-order valence-corrected chi connectivity index (χ0v) is 11.4. The van der Waals surface area contributed by atoms with Crippen LogP contribution in [0, 0.1) is 0 Å². The number of rotatable bonds is 5. The molecule has 0 spiro atoms. The number of aliphatic hydroxyl groups is 1. The number of ketones is 1. The second-order valence-electron chi connectivity index (χ2n) is 4.83. The molecule has 1 aromatic carbocycles. The maximum absolute atomic E-state index is 12.3. The van der Waals surface area contributed by atoms with Gasteiger partial charge in [0.25, 0.3) is 0 Å². The third kappa shape index (κ3) is 2.66. The fraction of sp³-hybridized carbons (Fsp3) is 0.375. The lowest BCUT2D eigenvalue weighted by Crippen LogP contribution is -2.38. The summed E-state index contributed by atoms with van der Waals surface area (Å²) in [6, 6.07) is 9.60. The van der Waals surface area contributed by atoms with Gasteiger partial charge in [-0.3, -0.25) is 9.78 Å². The highest BCUT2D eigenvalue weighted by atomic mass is 16.3. The van der Waals surface area contributed by atoms with Crippen molar-refractivity contribution < 1.29 is 9.90 Å². The summed E-state index contributed by atoms with van der Waals surface area (Å²) in [5.74, 6) is -0.117. The quantitative estimate of drug-likeness (QED) is 0.896. The van der Waals surface area contributed by atoms with Crippen molar-refractivity contribution in [3.63, 3.8) is 0 Å². The number of fused-ring (bicyclic) bond motifs is 1. The SMILES string of the molecule is CCC(O)(CC)C(=O)Cc1ccnc2ccccc12. The Labute approximate surface area is 113 Å². The van der Waals surface area contributed by atoms with E-state index in [-0.39, 0.29) is 12.2 Å². The van der Waals surface area contributed by atoms with Crippen LogP contribution in [0.3, 0.4) is 0 Å². The van der Waals surface area contributed by atoms with Crippen LogP contribution in [0.15, 0.2) is 36.5 Å². The molecular formula is C16H19NO2. The van der Waals surface area contributed by atoms with Gasteiger partial charge in [0.1, 0.15) is 5.60 Å². The van der Waals surface area contributed by atoms with Crippen LogP contribution in [0.25, 0.3) is 10.9 Å². The first-order valence-electron chi connectivity index (χ1n) is 6.69. The van der Waals surface area contributed by atoms with Gasteiger partial charge in [-0.1, -0.05) is 32.0 Å². The Hall–Kier alpha value is -1.74. The van der Waals surface area contributed by atoms with E-state index in [1.807, 2.05) is 44.2 Å². The molecule has 3 heteroatoms. The van der Waals surface area contributed by atoms with Gasteiger partial charge in [0.15, 0.2) is 5.78 Å². The van der Waals surface area contributed by atoms with Gasteiger partial charge in [0, 0.05) is 18.0 Å². The van der Waals surface area contributed by atoms with E-state index in [0.29, 0.717) is 12.8 Å². The van der Waals surface area contributed by atoms with Crippen LogP contribution in [-0.2, 0) is 11.2 Å². The number of aromatic nitrogens is 1. The molecule has 0 atom stereocenters. The average molecular weight is 257 g/mol. The molecule has 0 saturated carbocycles. The predicted octanol–water partition coefficient (Wildman–Crippen LogP) is 2.90. The molecule has 3 nitrogen and oxygen atoms in total. The topological polar surface area (TPSA) is 50.2 Å². The Morgan fingerprint density at radius 3 is 2.58 bits per heavy atom. The number of hydrogen-bond donors (Lipinski definition) is 1. The van der Waals surface area contributed by atoms with Gasteiger partial charge >= 0.3 is 0 Å². The number of benzene rings is 1. The minimum atomic E-state index is -1.20. The van der Waals surface area contributed by atoms with Crippen molar-refractivity contribution in [2.24, 2.45) is 0 Å². The summed E-state index contributed by atoms with van der Waals surface area (Å²) >= 11 is 0. The summed E-state index contributed by atoms with van der Waals surface area (Å²) in [6.45, 7) is 3.68. The molecular weight excluding hydrogens is 238 g/mol. The van der Waals surface area contributed by atoms with Crippen molar-refractivity contribution in [2.45, 2.75) is 38.7 Å². The average Bonchev–Trinajstić information content (AvgIpc) is 2.46. The normalized spacial score (nSPS) is 11.7. The molecule has 0 saturated heterocycles. The molecule has 0 unspecified atom stereocenters. The van der Waals surface area contributed by atoms with E-state index >= 15 is 0 Å². The van der Waals surface area contributed by atoms with E-state index in [0.717, 1.165) is 16.5 Å². The fourth-order valence-corrected chi connectivity index (χ4v) is 2.29. The molecule has 0 aliphatic heterocycles. The van der Waals surface area contributed by atoms with Crippen LogP contribution >= 0.6 is 0 Å². The highest BCUT2D eigenvalue weighted by Gasteiger charge is 2.31. The van der Waals surface area contributed by atoms with Gasteiger partial charge in [-0.05, 0) is 30.5 Å². The summed E-state index contributed by atoms with van der Waals surface area (Å²) in [6.07, 6.45) is 2.86. The Kier molecular flexibility index (Phi) is 3.96. The van der Waals surface area contributed by atoms with Crippen molar-refractivity contribution in [1.29, 1.82) is 0 Å². The molecule has 2 aromatic rings. The Morgan fingerprint density at radius 2 is 1.89 bits per heavy atom. The molecule has 0 radical (unpaired) electrons. The number of carbonyl (C=O) groups is 1. The molecule has 1 N–H and O–H groups in total. The van der Waals surface area contributed by atoms with E-state index in [4.69, 9.17) is 0 Å². The maximum atomic E-state index is 12.3. The van der Waals surface area contributed by atoms with Gasteiger partial charge in [0.2, 0.25) is 0 Å². The van der Waals surface area contributed by atoms with Crippen LogP contribution in [0.4, 0.5) is 0 Å². The number of carbonyl (C=O) groups excluding carboxylic acids is 1. The Bertz CT molecular complexity index is 583. The molecule has 2 rings (SSSR count). The number of pyridine rings is 1. The highest BCUT2D eigenvalue weighted by molar-refractivity contribution is 5.93. The largest absolute Gasteiger partial charge is 0.382 e. The summed E-state index contributed by atoms with van der Waals surface area (Å²) in [5, 5.41) is 11.2. The highest BCUT2D eigenvalue weighted by Crippen LogP contribution is 2.22. The van der Waals surface area contributed by atoms with E-state index in [1.54, 1.807) is 6.20 Å². The first-order chi connectivity index (χ1) is 9.10. The summed E-state index contributed by atoms with van der Waals surface area (Å²) in [5.41, 5.74) is 0.602. The van der Waals surface area contributed by atoms with Gasteiger partial charge in [-0.25, -0.2) is 0 Å². The monoisotopic (exact) mass is 257 g/mol. The fourth-order valence-electron chi connectivity index (χ4n) is 2.29. The van der Waals surface area contributed by atoms with Crippen LogP contribution in [0.1, 0.15) is 32.3 Å². The number of Topliss-reactive ketones (excluding diaryl/α,β-unsaturated/α-hetero) is 1. The minimum Gasteiger partial charge on any atom is -0.382 e. The van der Waals surface area contributed by atoms with Crippen LogP contribution in [0.2, 0.25) is 0 Å². The molecule has 100 valence electrons.